The van der Waals surface area contributed by atoms with E-state index < -0.39 is 15.6 Å². The minimum absolute atomic E-state index is 1.16. The lowest BCUT2D eigenvalue weighted by atomic mass is 10.5. The molecule has 0 saturated heterocycles. The van der Waals surface area contributed by atoms with Gasteiger partial charge < -0.3 is 4.90 Å². The van der Waals surface area contributed by atoms with Crippen molar-refractivity contribution < 1.29 is 26.1 Å². The number of halogens is 3. The Kier molecular flexibility index (Phi) is 5.09. The Labute approximate surface area is 86.1 Å². The largest absolute Gasteiger partial charge is 0.522 e. The number of rotatable bonds is 1. The van der Waals surface area contributed by atoms with Gasteiger partial charge in [0.2, 0.25) is 0 Å². The molecule has 1 aliphatic heterocycles. The number of alkyl halides is 3. The van der Waals surface area contributed by atoms with Gasteiger partial charge in [0.25, 0.3) is 0 Å². The summed E-state index contributed by atoms with van der Waals surface area (Å²) in [5.41, 5.74) is -5.53. The SMILES string of the molecule is CCN1C=CCC1.O=S(=O)(O)C(F)(F)F. The molecular formula is C7H12F3NO3S. The zero-order valence-electron chi connectivity index (χ0n) is 8.03. The highest BCUT2D eigenvalue weighted by atomic mass is 32.2. The highest BCUT2D eigenvalue weighted by Gasteiger charge is 2.44. The third kappa shape index (κ3) is 5.63. The molecule has 1 rings (SSSR count). The Bertz CT molecular complexity index is 310. The first-order valence-electron chi connectivity index (χ1n) is 4.13. The van der Waals surface area contributed by atoms with Gasteiger partial charge in [-0.15, -0.1) is 0 Å². The van der Waals surface area contributed by atoms with Gasteiger partial charge in [0.1, 0.15) is 0 Å². The fourth-order valence-electron chi connectivity index (χ4n) is 0.802. The molecule has 1 heterocycles. The van der Waals surface area contributed by atoms with Crippen molar-refractivity contribution in [2.24, 2.45) is 0 Å². The van der Waals surface area contributed by atoms with Gasteiger partial charge in [-0.1, -0.05) is 6.08 Å². The van der Waals surface area contributed by atoms with Gasteiger partial charge in [-0.05, 0) is 19.5 Å². The number of nitrogens with zero attached hydrogens (tertiary/aromatic N) is 1. The summed E-state index contributed by atoms with van der Waals surface area (Å²) in [6.07, 6.45) is 5.62. The van der Waals surface area contributed by atoms with Crippen molar-refractivity contribution in [3.8, 4) is 0 Å². The minimum Gasteiger partial charge on any atom is -0.378 e. The molecule has 15 heavy (non-hydrogen) atoms. The van der Waals surface area contributed by atoms with Crippen LogP contribution in [0.5, 0.6) is 0 Å². The summed E-state index contributed by atoms with van der Waals surface area (Å²) in [5, 5.41) is 0. The minimum atomic E-state index is -5.84. The molecule has 4 nitrogen and oxygen atoms in total. The monoisotopic (exact) mass is 247 g/mol. The van der Waals surface area contributed by atoms with Crippen LogP contribution >= 0.6 is 0 Å². The molecule has 0 aromatic carbocycles. The molecule has 0 spiro atoms. The molecular weight excluding hydrogens is 235 g/mol. The molecule has 0 unspecified atom stereocenters. The molecule has 0 aromatic rings. The quantitative estimate of drug-likeness (QED) is 0.565. The summed E-state index contributed by atoms with van der Waals surface area (Å²) >= 11 is 0. The van der Waals surface area contributed by atoms with Crippen molar-refractivity contribution >= 4 is 10.1 Å². The molecule has 1 N–H and O–H groups in total. The number of hydrogen-bond donors (Lipinski definition) is 1. The highest BCUT2D eigenvalue weighted by Crippen LogP contribution is 2.20. The molecule has 0 atom stereocenters. The van der Waals surface area contributed by atoms with E-state index in [1.54, 1.807) is 0 Å². The van der Waals surface area contributed by atoms with Gasteiger partial charge >= 0.3 is 15.6 Å². The lowest BCUT2D eigenvalue weighted by Gasteiger charge is -2.09. The summed E-state index contributed by atoms with van der Waals surface area (Å²) in [7, 11) is -5.84. The molecule has 0 saturated carbocycles. The zero-order valence-corrected chi connectivity index (χ0v) is 8.85. The van der Waals surface area contributed by atoms with Crippen molar-refractivity contribution in [1.29, 1.82) is 0 Å². The van der Waals surface area contributed by atoms with E-state index in [0.717, 1.165) is 6.54 Å². The topological polar surface area (TPSA) is 57.6 Å². The van der Waals surface area contributed by atoms with Crippen LogP contribution in [0.15, 0.2) is 12.3 Å². The van der Waals surface area contributed by atoms with Crippen LogP contribution in [-0.2, 0) is 10.1 Å². The maximum Gasteiger partial charge on any atom is 0.522 e. The van der Waals surface area contributed by atoms with E-state index in [4.69, 9.17) is 13.0 Å². The van der Waals surface area contributed by atoms with Gasteiger partial charge in [-0.2, -0.15) is 21.6 Å². The molecule has 0 bridgehead atoms. The van der Waals surface area contributed by atoms with E-state index in [-0.39, 0.29) is 0 Å². The van der Waals surface area contributed by atoms with Crippen molar-refractivity contribution in [3.63, 3.8) is 0 Å². The van der Waals surface area contributed by atoms with Crippen LogP contribution in [0.25, 0.3) is 0 Å². The van der Waals surface area contributed by atoms with Gasteiger partial charge in [-0.25, -0.2) is 0 Å². The molecule has 0 radical (unpaired) electrons. The van der Waals surface area contributed by atoms with Crippen molar-refractivity contribution in [2.75, 3.05) is 13.1 Å². The highest BCUT2D eigenvalue weighted by molar-refractivity contribution is 7.86. The molecule has 1 aliphatic rings. The van der Waals surface area contributed by atoms with Crippen LogP contribution in [0.3, 0.4) is 0 Å². The average Bonchev–Trinajstić information content (AvgIpc) is 2.52. The molecule has 0 fully saturated rings. The fourth-order valence-corrected chi connectivity index (χ4v) is 0.802. The van der Waals surface area contributed by atoms with Crippen LogP contribution in [0.1, 0.15) is 13.3 Å². The lowest BCUT2D eigenvalue weighted by molar-refractivity contribution is -0.0510. The van der Waals surface area contributed by atoms with Crippen LogP contribution in [0.4, 0.5) is 13.2 Å². The lowest BCUT2D eigenvalue weighted by Crippen LogP contribution is -2.21. The number of hydrogen-bond acceptors (Lipinski definition) is 3. The maximum atomic E-state index is 10.7. The second-order valence-electron chi connectivity index (χ2n) is 2.72. The Morgan fingerprint density at radius 1 is 1.47 bits per heavy atom. The standard InChI is InChI=1S/C6H11N.CHF3O3S/c1-2-7-5-3-4-6-7;2-1(3,4)8(5,6)7/h3,5H,2,4,6H2,1H3;(H,5,6,7). The van der Waals surface area contributed by atoms with Crippen LogP contribution in [0.2, 0.25) is 0 Å². The van der Waals surface area contributed by atoms with Crippen LogP contribution < -0.4 is 0 Å². The Hall–Kier alpha value is -0.760. The molecule has 0 aromatic heterocycles. The summed E-state index contributed by atoms with van der Waals surface area (Å²) in [5.74, 6) is 0. The van der Waals surface area contributed by atoms with E-state index in [9.17, 15) is 13.2 Å². The Morgan fingerprint density at radius 2 is 1.93 bits per heavy atom. The fraction of sp³-hybridized carbons (Fsp3) is 0.714. The summed E-state index contributed by atoms with van der Waals surface area (Å²) in [6, 6.07) is 0. The predicted molar refractivity (Wildman–Crippen MR) is 48.6 cm³/mol. The van der Waals surface area contributed by atoms with E-state index in [0.29, 0.717) is 0 Å². The molecule has 8 heteroatoms. The van der Waals surface area contributed by atoms with Crippen molar-refractivity contribution in [1.82, 2.24) is 4.90 Å². The first-order chi connectivity index (χ1) is 6.68. The summed E-state index contributed by atoms with van der Waals surface area (Å²) in [6.45, 7) is 4.57. The Morgan fingerprint density at radius 3 is 2.07 bits per heavy atom. The van der Waals surface area contributed by atoms with Crippen molar-refractivity contribution in [2.45, 2.75) is 18.9 Å². The average molecular weight is 247 g/mol. The normalized spacial score (nSPS) is 16.2. The first-order valence-corrected chi connectivity index (χ1v) is 5.57. The van der Waals surface area contributed by atoms with Gasteiger partial charge in [0.15, 0.2) is 0 Å². The van der Waals surface area contributed by atoms with E-state index in [1.807, 2.05) is 0 Å². The maximum absolute atomic E-state index is 10.7. The van der Waals surface area contributed by atoms with E-state index in [2.05, 4.69) is 24.1 Å². The second kappa shape index (κ2) is 5.36. The Balaban J connectivity index is 0.000000262. The molecule has 0 aliphatic carbocycles. The summed E-state index contributed by atoms with van der Waals surface area (Å²) in [4.78, 5) is 2.31. The van der Waals surface area contributed by atoms with Gasteiger partial charge in [0, 0.05) is 13.1 Å². The zero-order chi connectivity index (χ0) is 12.1. The smallest absolute Gasteiger partial charge is 0.378 e. The summed E-state index contributed by atoms with van der Waals surface area (Å²) < 4.78 is 57.5. The van der Waals surface area contributed by atoms with E-state index in [1.165, 1.54) is 13.0 Å². The van der Waals surface area contributed by atoms with Crippen LogP contribution in [0, 0.1) is 0 Å². The molecule has 0 amide bonds. The third-order valence-corrected chi connectivity index (χ3v) is 2.18. The van der Waals surface area contributed by atoms with Crippen molar-refractivity contribution in [3.05, 3.63) is 12.3 Å². The van der Waals surface area contributed by atoms with E-state index >= 15 is 0 Å². The van der Waals surface area contributed by atoms with Gasteiger partial charge in [-0.3, -0.25) is 4.55 Å². The third-order valence-electron chi connectivity index (χ3n) is 1.60. The predicted octanol–water partition coefficient (Wildman–Crippen LogP) is 1.62. The molecule has 90 valence electrons. The van der Waals surface area contributed by atoms with Gasteiger partial charge in [0.05, 0.1) is 0 Å². The second-order valence-corrected chi connectivity index (χ2v) is 4.14. The van der Waals surface area contributed by atoms with Crippen LogP contribution in [-0.4, -0.2) is 36.5 Å². The first kappa shape index (κ1) is 14.2.